The average Bonchev–Trinajstić information content (AvgIpc) is 2.62. The lowest BCUT2D eigenvalue weighted by molar-refractivity contribution is -0.137. The summed E-state index contributed by atoms with van der Waals surface area (Å²) < 4.78 is 55.6. The summed E-state index contributed by atoms with van der Waals surface area (Å²) in [4.78, 5) is 12.0. The molecule has 1 saturated carbocycles. The van der Waals surface area contributed by atoms with E-state index in [0.717, 1.165) is 43.2 Å². The zero-order chi connectivity index (χ0) is 19.2. The molecule has 0 unspecified atom stereocenters. The molecule has 138 valence electrons. The van der Waals surface area contributed by atoms with Gasteiger partial charge >= 0.3 is 12.1 Å². The van der Waals surface area contributed by atoms with Crippen molar-refractivity contribution in [1.82, 2.24) is 0 Å². The van der Waals surface area contributed by atoms with Crippen LogP contribution in [0, 0.1) is 17.2 Å². The first-order valence-corrected chi connectivity index (χ1v) is 8.12. The number of carbonyl (C=O) groups is 1. The molecule has 7 heteroatoms. The summed E-state index contributed by atoms with van der Waals surface area (Å²) in [5, 5.41) is 8.31. The highest BCUT2D eigenvalue weighted by atomic mass is 19.4. The summed E-state index contributed by atoms with van der Waals surface area (Å²) in [7, 11) is 0. The van der Waals surface area contributed by atoms with Crippen molar-refractivity contribution in [3.63, 3.8) is 0 Å². The number of allylic oxidation sites excluding steroid dienone is 4. The second kappa shape index (κ2) is 8.65. The minimum absolute atomic E-state index is 0.0807. The molecule has 0 radical (unpaired) electrons. The number of ether oxygens (including phenoxy) is 1. The van der Waals surface area contributed by atoms with Crippen molar-refractivity contribution in [1.29, 1.82) is 5.26 Å². The van der Waals surface area contributed by atoms with Crippen molar-refractivity contribution in [2.75, 3.05) is 0 Å². The molecule has 26 heavy (non-hydrogen) atoms. The molecule has 0 bridgehead atoms. The van der Waals surface area contributed by atoms with Gasteiger partial charge in [-0.2, -0.15) is 22.8 Å². The molecule has 0 heterocycles. The zero-order valence-electron chi connectivity index (χ0n) is 13.8. The van der Waals surface area contributed by atoms with Gasteiger partial charge in [0.25, 0.3) is 0 Å². The topological polar surface area (TPSA) is 50.1 Å². The number of carbonyl (C=O) groups excluding carboxylic acids is 1. The number of rotatable bonds is 4. The van der Waals surface area contributed by atoms with Crippen molar-refractivity contribution >= 4 is 5.97 Å². The van der Waals surface area contributed by atoms with Gasteiger partial charge in [0.1, 0.15) is 12.2 Å². The maximum atomic E-state index is 12.7. The third-order valence-electron chi connectivity index (χ3n) is 4.17. The highest BCUT2D eigenvalue weighted by Gasteiger charge is 2.30. The van der Waals surface area contributed by atoms with E-state index in [-0.39, 0.29) is 17.6 Å². The van der Waals surface area contributed by atoms with E-state index in [1.807, 2.05) is 6.08 Å². The number of alkyl halides is 3. The molecule has 1 aliphatic carbocycles. The summed E-state index contributed by atoms with van der Waals surface area (Å²) in [6, 6.07) is 5.30. The van der Waals surface area contributed by atoms with E-state index in [1.54, 1.807) is 0 Å². The molecule has 0 saturated heterocycles. The van der Waals surface area contributed by atoms with Crippen LogP contribution >= 0.6 is 0 Å². The van der Waals surface area contributed by atoms with Crippen molar-refractivity contribution in [2.45, 2.75) is 38.0 Å². The number of nitriles is 1. The Hall–Kier alpha value is -2.62. The van der Waals surface area contributed by atoms with Crippen molar-refractivity contribution in [3.05, 3.63) is 59.4 Å². The van der Waals surface area contributed by atoms with Crippen LogP contribution in [0.2, 0.25) is 0 Å². The van der Waals surface area contributed by atoms with Gasteiger partial charge in [0, 0.05) is 0 Å². The smallest absolute Gasteiger partial charge is 0.416 e. The van der Waals surface area contributed by atoms with Gasteiger partial charge in [0.15, 0.2) is 5.83 Å². The van der Waals surface area contributed by atoms with Crippen molar-refractivity contribution in [2.24, 2.45) is 5.92 Å². The summed E-state index contributed by atoms with van der Waals surface area (Å²) in [6.07, 6.45) is 2.38. The fraction of sp³-hybridized carbons (Fsp3) is 0.368. The molecular formula is C19H17F4NO2. The Morgan fingerprint density at radius 1 is 1.15 bits per heavy atom. The molecule has 0 amide bonds. The second-order valence-corrected chi connectivity index (χ2v) is 6.03. The molecule has 3 nitrogen and oxygen atoms in total. The fourth-order valence-electron chi connectivity index (χ4n) is 2.75. The minimum Gasteiger partial charge on any atom is -0.459 e. The number of nitrogens with zero attached hydrogens (tertiary/aromatic N) is 1. The Morgan fingerprint density at radius 2 is 1.77 bits per heavy atom. The van der Waals surface area contributed by atoms with Crippen molar-refractivity contribution < 1.29 is 27.1 Å². The quantitative estimate of drug-likeness (QED) is 0.312. The Morgan fingerprint density at radius 3 is 2.31 bits per heavy atom. The predicted octanol–water partition coefficient (Wildman–Crippen LogP) is 5.35. The van der Waals surface area contributed by atoms with Crippen LogP contribution in [-0.2, 0) is 10.9 Å². The minimum atomic E-state index is -4.44. The second-order valence-electron chi connectivity index (χ2n) is 6.03. The molecule has 0 aromatic heterocycles. The van der Waals surface area contributed by atoms with E-state index in [1.165, 1.54) is 12.1 Å². The number of benzene rings is 1. The molecule has 2 rings (SSSR count). The van der Waals surface area contributed by atoms with Crippen LogP contribution in [0.25, 0.3) is 0 Å². The first-order chi connectivity index (χ1) is 12.3. The van der Waals surface area contributed by atoms with E-state index in [0.29, 0.717) is 12.8 Å². The third kappa shape index (κ3) is 5.73. The monoisotopic (exact) mass is 367 g/mol. The Bertz CT molecular complexity index is 721. The highest BCUT2D eigenvalue weighted by Crippen LogP contribution is 2.30. The molecule has 1 aromatic rings. The largest absolute Gasteiger partial charge is 0.459 e. The number of hydrogen-bond acceptors (Lipinski definition) is 3. The maximum Gasteiger partial charge on any atom is 0.416 e. The standard InChI is InChI=1S/C19H17F4NO2/c20-16(12-24)3-1-2-13-4-10-17(11-5-13)26-18(25)14-6-8-15(9-7-14)19(21,22)23/h1-3,6-9,13,17H,4-5,10-11H2/b2-1+,16-3-/t13-,17-. The van der Waals surface area contributed by atoms with Gasteiger partial charge in [-0.05, 0) is 61.9 Å². The first-order valence-electron chi connectivity index (χ1n) is 8.12. The van der Waals surface area contributed by atoms with E-state index in [9.17, 15) is 22.4 Å². The van der Waals surface area contributed by atoms with Gasteiger partial charge in [-0.15, -0.1) is 0 Å². The molecule has 1 aliphatic rings. The van der Waals surface area contributed by atoms with E-state index in [2.05, 4.69) is 0 Å². The van der Waals surface area contributed by atoms with Crippen LogP contribution in [0.3, 0.4) is 0 Å². The average molecular weight is 367 g/mol. The lowest BCUT2D eigenvalue weighted by Gasteiger charge is -2.26. The van der Waals surface area contributed by atoms with Gasteiger partial charge in [-0.25, -0.2) is 4.79 Å². The van der Waals surface area contributed by atoms with Crippen LogP contribution < -0.4 is 0 Å². The fourth-order valence-corrected chi connectivity index (χ4v) is 2.75. The SMILES string of the molecule is N#C/C(F)=C/C=C/[C@H]1CC[C@H](OC(=O)c2ccc(C(F)(F)F)cc2)CC1. The van der Waals surface area contributed by atoms with Gasteiger partial charge < -0.3 is 4.74 Å². The van der Waals surface area contributed by atoms with Crippen LogP contribution in [0.5, 0.6) is 0 Å². The molecule has 1 fully saturated rings. The Labute approximate surface area is 148 Å². The van der Waals surface area contributed by atoms with E-state index < -0.39 is 23.5 Å². The lowest BCUT2D eigenvalue weighted by Crippen LogP contribution is -2.24. The molecule has 0 atom stereocenters. The normalized spacial score (nSPS) is 21.4. The number of halogens is 4. The Kier molecular flexibility index (Phi) is 6.56. The number of hydrogen-bond donors (Lipinski definition) is 0. The van der Waals surface area contributed by atoms with Gasteiger partial charge in [0.2, 0.25) is 0 Å². The molecular weight excluding hydrogens is 350 g/mol. The third-order valence-corrected chi connectivity index (χ3v) is 4.17. The highest BCUT2D eigenvalue weighted by molar-refractivity contribution is 5.89. The summed E-state index contributed by atoms with van der Waals surface area (Å²) in [5.74, 6) is -1.30. The summed E-state index contributed by atoms with van der Waals surface area (Å²) in [6.45, 7) is 0. The van der Waals surface area contributed by atoms with Crippen LogP contribution in [0.1, 0.15) is 41.6 Å². The first kappa shape index (κ1) is 19.7. The summed E-state index contributed by atoms with van der Waals surface area (Å²) in [5.41, 5.74) is -0.736. The van der Waals surface area contributed by atoms with Gasteiger partial charge in [0.05, 0.1) is 11.1 Å². The number of esters is 1. The molecule has 0 N–H and O–H groups in total. The molecule has 0 spiro atoms. The predicted molar refractivity (Wildman–Crippen MR) is 86.5 cm³/mol. The van der Waals surface area contributed by atoms with Gasteiger partial charge in [-0.3, -0.25) is 0 Å². The maximum absolute atomic E-state index is 12.7. The van der Waals surface area contributed by atoms with Gasteiger partial charge in [-0.1, -0.05) is 12.2 Å². The van der Waals surface area contributed by atoms with Crippen LogP contribution in [0.15, 0.2) is 48.3 Å². The zero-order valence-corrected chi connectivity index (χ0v) is 13.8. The van der Waals surface area contributed by atoms with E-state index >= 15 is 0 Å². The Balaban J connectivity index is 1.84. The summed E-state index contributed by atoms with van der Waals surface area (Å²) >= 11 is 0. The lowest BCUT2D eigenvalue weighted by atomic mass is 9.87. The van der Waals surface area contributed by atoms with E-state index in [4.69, 9.17) is 10.00 Å². The van der Waals surface area contributed by atoms with Crippen molar-refractivity contribution in [3.8, 4) is 6.07 Å². The molecule has 1 aromatic carbocycles. The van der Waals surface area contributed by atoms with Crippen LogP contribution in [0.4, 0.5) is 17.6 Å². The van der Waals surface area contributed by atoms with Crippen LogP contribution in [-0.4, -0.2) is 12.1 Å². The molecule has 0 aliphatic heterocycles.